The van der Waals surface area contributed by atoms with Crippen molar-refractivity contribution in [3.05, 3.63) is 28.8 Å². The maximum atomic E-state index is 12.7. The van der Waals surface area contributed by atoms with E-state index >= 15 is 0 Å². The molecule has 1 aromatic carbocycles. The van der Waals surface area contributed by atoms with Crippen molar-refractivity contribution in [3.8, 4) is 0 Å². The van der Waals surface area contributed by atoms with Crippen LogP contribution < -0.4 is 5.32 Å². The van der Waals surface area contributed by atoms with Crippen LogP contribution in [0, 0.1) is 20.8 Å². The SMILES string of the molecule is CC[C@@H](C)N1CCC[C@H]1C(=O)Nc1c(C)cc(C)cc1C. The van der Waals surface area contributed by atoms with Gasteiger partial charge in [0.15, 0.2) is 0 Å². The molecule has 2 atom stereocenters. The molecule has 1 amide bonds. The minimum atomic E-state index is 0.0278. The number of aryl methyl sites for hydroxylation is 3. The number of hydrogen-bond acceptors (Lipinski definition) is 2. The summed E-state index contributed by atoms with van der Waals surface area (Å²) in [6.45, 7) is 11.7. The summed E-state index contributed by atoms with van der Waals surface area (Å²) in [5.41, 5.74) is 4.52. The van der Waals surface area contributed by atoms with E-state index in [4.69, 9.17) is 0 Å². The van der Waals surface area contributed by atoms with Crippen LogP contribution in [-0.2, 0) is 4.79 Å². The first kappa shape index (κ1) is 16.0. The van der Waals surface area contributed by atoms with Gasteiger partial charge in [0.1, 0.15) is 0 Å². The second kappa shape index (κ2) is 6.61. The Bertz CT molecular complexity index is 501. The molecular weight excluding hydrogens is 260 g/mol. The van der Waals surface area contributed by atoms with Crippen LogP contribution >= 0.6 is 0 Å². The highest BCUT2D eigenvalue weighted by molar-refractivity contribution is 5.96. The normalized spacial score (nSPS) is 20.5. The Balaban J connectivity index is 2.15. The monoisotopic (exact) mass is 288 g/mol. The zero-order valence-electron chi connectivity index (χ0n) is 14.0. The number of benzene rings is 1. The molecule has 3 heteroatoms. The number of carbonyl (C=O) groups excluding carboxylic acids is 1. The van der Waals surface area contributed by atoms with E-state index in [9.17, 15) is 4.79 Å². The van der Waals surface area contributed by atoms with Gasteiger partial charge in [-0.1, -0.05) is 24.6 Å². The smallest absolute Gasteiger partial charge is 0.241 e. The molecule has 116 valence electrons. The lowest BCUT2D eigenvalue weighted by Crippen LogP contribution is -2.44. The van der Waals surface area contributed by atoms with E-state index in [1.165, 1.54) is 5.56 Å². The molecule has 0 saturated carbocycles. The molecule has 1 heterocycles. The standard InChI is InChI=1S/C18H28N2O/c1-6-15(5)20-9-7-8-16(20)18(21)19-17-13(3)10-12(2)11-14(17)4/h10-11,15-16H,6-9H2,1-5H3,(H,19,21)/t15-,16+/m1/s1. The van der Waals surface area contributed by atoms with Crippen molar-refractivity contribution in [2.75, 3.05) is 11.9 Å². The van der Waals surface area contributed by atoms with Gasteiger partial charge < -0.3 is 5.32 Å². The summed E-state index contributed by atoms with van der Waals surface area (Å²) < 4.78 is 0. The van der Waals surface area contributed by atoms with Crippen molar-refractivity contribution in [1.82, 2.24) is 4.90 Å². The summed E-state index contributed by atoms with van der Waals surface area (Å²) in [6.07, 6.45) is 3.18. The maximum Gasteiger partial charge on any atom is 0.241 e. The third kappa shape index (κ3) is 3.46. The Kier molecular flexibility index (Phi) is 5.04. The molecule has 1 fully saturated rings. The van der Waals surface area contributed by atoms with Gasteiger partial charge in [0, 0.05) is 11.7 Å². The highest BCUT2D eigenvalue weighted by Gasteiger charge is 2.33. The van der Waals surface area contributed by atoms with Crippen molar-refractivity contribution in [2.45, 2.75) is 66.0 Å². The number of amides is 1. The number of likely N-dealkylation sites (tertiary alicyclic amines) is 1. The fourth-order valence-corrected chi connectivity index (χ4v) is 3.42. The summed E-state index contributed by atoms with van der Waals surface area (Å²) >= 11 is 0. The first-order valence-corrected chi connectivity index (χ1v) is 8.08. The Hall–Kier alpha value is -1.35. The van der Waals surface area contributed by atoms with Gasteiger partial charge in [-0.3, -0.25) is 9.69 Å². The van der Waals surface area contributed by atoms with Crippen LogP contribution in [0.1, 0.15) is 49.8 Å². The lowest BCUT2D eigenvalue weighted by atomic mass is 10.0. The molecule has 1 aromatic rings. The molecule has 0 aromatic heterocycles. The van der Waals surface area contributed by atoms with Gasteiger partial charge >= 0.3 is 0 Å². The van der Waals surface area contributed by atoms with E-state index in [0.29, 0.717) is 6.04 Å². The van der Waals surface area contributed by atoms with E-state index in [0.717, 1.165) is 42.6 Å². The fraction of sp³-hybridized carbons (Fsp3) is 0.611. The Morgan fingerprint density at radius 1 is 1.33 bits per heavy atom. The zero-order chi connectivity index (χ0) is 15.6. The molecular formula is C18H28N2O. The molecule has 0 radical (unpaired) electrons. The van der Waals surface area contributed by atoms with Crippen LogP contribution in [0.25, 0.3) is 0 Å². The van der Waals surface area contributed by atoms with Gasteiger partial charge in [-0.05, 0) is 64.6 Å². The van der Waals surface area contributed by atoms with Crippen LogP contribution in [0.5, 0.6) is 0 Å². The lowest BCUT2D eigenvalue weighted by Gasteiger charge is -2.29. The first-order valence-electron chi connectivity index (χ1n) is 8.08. The van der Waals surface area contributed by atoms with E-state index in [1.807, 2.05) is 0 Å². The number of hydrogen-bond donors (Lipinski definition) is 1. The van der Waals surface area contributed by atoms with E-state index in [2.05, 4.69) is 57.0 Å². The quantitative estimate of drug-likeness (QED) is 0.913. The number of anilines is 1. The third-order valence-corrected chi connectivity index (χ3v) is 4.68. The lowest BCUT2D eigenvalue weighted by molar-refractivity contribution is -0.121. The average molecular weight is 288 g/mol. The fourth-order valence-electron chi connectivity index (χ4n) is 3.42. The minimum absolute atomic E-state index is 0.0278. The number of rotatable bonds is 4. The molecule has 1 aliphatic rings. The van der Waals surface area contributed by atoms with Gasteiger partial charge in [0.25, 0.3) is 0 Å². The first-order chi connectivity index (χ1) is 9.93. The van der Waals surface area contributed by atoms with Gasteiger partial charge in [-0.25, -0.2) is 0 Å². The second-order valence-electron chi connectivity index (χ2n) is 6.42. The highest BCUT2D eigenvalue weighted by atomic mass is 16.2. The van der Waals surface area contributed by atoms with E-state index in [1.54, 1.807) is 0 Å². The molecule has 1 N–H and O–H groups in total. The predicted octanol–water partition coefficient (Wildman–Crippen LogP) is 3.81. The van der Waals surface area contributed by atoms with E-state index in [-0.39, 0.29) is 11.9 Å². The van der Waals surface area contributed by atoms with Crippen LogP contribution in [0.3, 0.4) is 0 Å². The summed E-state index contributed by atoms with van der Waals surface area (Å²) in [4.78, 5) is 15.0. The van der Waals surface area contributed by atoms with Gasteiger partial charge in [-0.2, -0.15) is 0 Å². The number of nitrogens with zero attached hydrogens (tertiary/aromatic N) is 1. The molecule has 1 aliphatic heterocycles. The maximum absolute atomic E-state index is 12.7. The molecule has 0 unspecified atom stereocenters. The Labute approximate surface area is 128 Å². The van der Waals surface area contributed by atoms with Crippen molar-refractivity contribution in [2.24, 2.45) is 0 Å². The van der Waals surface area contributed by atoms with Gasteiger partial charge in [-0.15, -0.1) is 0 Å². The largest absolute Gasteiger partial charge is 0.324 e. The molecule has 21 heavy (non-hydrogen) atoms. The highest BCUT2D eigenvalue weighted by Crippen LogP contribution is 2.26. The molecule has 1 saturated heterocycles. The average Bonchev–Trinajstić information content (AvgIpc) is 2.91. The van der Waals surface area contributed by atoms with Crippen molar-refractivity contribution in [3.63, 3.8) is 0 Å². The molecule has 0 spiro atoms. The summed E-state index contributed by atoms with van der Waals surface area (Å²) in [5, 5.41) is 3.18. The van der Waals surface area contributed by atoms with Gasteiger partial charge in [0.2, 0.25) is 5.91 Å². The summed E-state index contributed by atoms with van der Waals surface area (Å²) in [7, 11) is 0. The Morgan fingerprint density at radius 3 is 2.52 bits per heavy atom. The number of nitrogens with one attached hydrogen (secondary N) is 1. The number of carbonyl (C=O) groups is 1. The van der Waals surface area contributed by atoms with E-state index < -0.39 is 0 Å². The summed E-state index contributed by atoms with van der Waals surface area (Å²) in [5.74, 6) is 0.155. The van der Waals surface area contributed by atoms with Crippen molar-refractivity contribution < 1.29 is 4.79 Å². The Morgan fingerprint density at radius 2 is 1.95 bits per heavy atom. The molecule has 2 rings (SSSR count). The topological polar surface area (TPSA) is 32.3 Å². The predicted molar refractivity (Wildman–Crippen MR) is 88.8 cm³/mol. The van der Waals surface area contributed by atoms with Crippen molar-refractivity contribution >= 4 is 11.6 Å². The minimum Gasteiger partial charge on any atom is -0.324 e. The van der Waals surface area contributed by atoms with Crippen LogP contribution in [0.15, 0.2) is 12.1 Å². The van der Waals surface area contributed by atoms with Gasteiger partial charge in [0.05, 0.1) is 6.04 Å². The summed E-state index contributed by atoms with van der Waals surface area (Å²) in [6, 6.07) is 4.76. The zero-order valence-corrected chi connectivity index (χ0v) is 14.0. The molecule has 3 nitrogen and oxygen atoms in total. The van der Waals surface area contributed by atoms with Crippen LogP contribution in [0.2, 0.25) is 0 Å². The van der Waals surface area contributed by atoms with Crippen molar-refractivity contribution in [1.29, 1.82) is 0 Å². The third-order valence-electron chi connectivity index (χ3n) is 4.68. The van der Waals surface area contributed by atoms with Crippen LogP contribution in [-0.4, -0.2) is 29.4 Å². The second-order valence-corrected chi connectivity index (χ2v) is 6.42. The molecule has 0 bridgehead atoms. The van der Waals surface area contributed by atoms with Crippen LogP contribution in [0.4, 0.5) is 5.69 Å². The molecule has 0 aliphatic carbocycles.